The lowest BCUT2D eigenvalue weighted by Gasteiger charge is -2.16. The number of rotatable bonds is 9. The van der Waals surface area contributed by atoms with E-state index < -0.39 is 17.9 Å². The van der Waals surface area contributed by atoms with Gasteiger partial charge >= 0.3 is 5.97 Å². The van der Waals surface area contributed by atoms with Gasteiger partial charge in [0, 0.05) is 18.5 Å². The van der Waals surface area contributed by atoms with Crippen LogP contribution in [0.4, 0.5) is 0 Å². The number of carbonyl (C=O) groups is 3. The molecule has 132 valence electrons. The fourth-order valence-corrected chi connectivity index (χ4v) is 2.22. The molecule has 0 aliphatic carbocycles. The molecule has 1 unspecified atom stereocenters. The van der Waals surface area contributed by atoms with E-state index in [1.165, 1.54) is 0 Å². The summed E-state index contributed by atoms with van der Waals surface area (Å²) in [6.07, 6.45) is 1.67. The molecule has 24 heavy (non-hydrogen) atoms. The highest BCUT2D eigenvalue weighted by molar-refractivity contribution is 5.96. The van der Waals surface area contributed by atoms with Crippen LogP contribution in [-0.4, -0.2) is 28.9 Å². The van der Waals surface area contributed by atoms with Gasteiger partial charge in [-0.3, -0.25) is 9.59 Å². The second-order valence-corrected chi connectivity index (χ2v) is 6.22. The summed E-state index contributed by atoms with van der Waals surface area (Å²) in [7, 11) is 0. The number of hydrogen-bond donors (Lipinski definition) is 3. The highest BCUT2D eigenvalue weighted by Crippen LogP contribution is 2.08. The molecule has 3 N–H and O–H groups in total. The highest BCUT2D eigenvalue weighted by atomic mass is 16.4. The molecule has 0 saturated heterocycles. The number of carbonyl (C=O) groups excluding carboxylic acids is 2. The molecule has 0 aromatic heterocycles. The zero-order valence-corrected chi connectivity index (χ0v) is 14.5. The van der Waals surface area contributed by atoms with Gasteiger partial charge in [-0.25, -0.2) is 4.79 Å². The summed E-state index contributed by atoms with van der Waals surface area (Å²) in [5.41, 5.74) is 1.28. The molecule has 0 radical (unpaired) electrons. The molecule has 1 rings (SSSR count). The smallest absolute Gasteiger partial charge is 0.326 e. The lowest BCUT2D eigenvalue weighted by atomic mass is 10.0. The predicted octanol–water partition coefficient (Wildman–Crippen LogP) is 2.33. The summed E-state index contributed by atoms with van der Waals surface area (Å²) in [5.74, 6) is -1.28. The molecule has 0 aliphatic heterocycles. The van der Waals surface area contributed by atoms with Crippen LogP contribution in [0.2, 0.25) is 0 Å². The summed E-state index contributed by atoms with van der Waals surface area (Å²) in [4.78, 5) is 34.8. The zero-order chi connectivity index (χ0) is 18.1. The summed E-state index contributed by atoms with van der Waals surface area (Å²) in [5, 5.41) is 14.5. The molecule has 0 heterocycles. The van der Waals surface area contributed by atoms with Crippen LogP contribution < -0.4 is 10.6 Å². The van der Waals surface area contributed by atoms with Gasteiger partial charge in [-0.15, -0.1) is 0 Å². The third kappa shape index (κ3) is 6.81. The van der Waals surface area contributed by atoms with Gasteiger partial charge in [-0.05, 0) is 36.5 Å². The Hall–Kier alpha value is -2.37. The Morgan fingerprint density at radius 2 is 1.75 bits per heavy atom. The van der Waals surface area contributed by atoms with Gasteiger partial charge < -0.3 is 15.7 Å². The number of aliphatic carboxylic acids is 1. The van der Waals surface area contributed by atoms with Crippen molar-refractivity contribution in [2.45, 2.75) is 52.6 Å². The summed E-state index contributed by atoms with van der Waals surface area (Å²) >= 11 is 0. The van der Waals surface area contributed by atoms with Crippen LogP contribution in [0.25, 0.3) is 0 Å². The molecular formula is C18H26N2O4. The molecule has 0 fully saturated rings. The average molecular weight is 334 g/mol. The van der Waals surface area contributed by atoms with Gasteiger partial charge in [0.05, 0.1) is 0 Å². The standard InChI is InChI=1S/C18H26N2O4/c1-4-5-16(21)19-11-13-6-8-14(9-7-13)17(22)20-15(18(23)24)10-12(2)3/h6-9,12,15H,4-5,10-11H2,1-3H3,(H,19,21)(H,20,22)(H,23,24). The summed E-state index contributed by atoms with van der Waals surface area (Å²) in [6.45, 7) is 6.16. The Morgan fingerprint density at radius 1 is 1.12 bits per heavy atom. The first-order valence-electron chi connectivity index (χ1n) is 8.22. The van der Waals surface area contributed by atoms with Crippen molar-refractivity contribution in [3.8, 4) is 0 Å². The van der Waals surface area contributed by atoms with Gasteiger partial charge in [-0.2, -0.15) is 0 Å². The van der Waals surface area contributed by atoms with Crippen LogP contribution in [0.3, 0.4) is 0 Å². The number of amides is 2. The Kier molecular flexibility index (Phi) is 7.95. The van der Waals surface area contributed by atoms with Gasteiger partial charge in [0.15, 0.2) is 0 Å². The second kappa shape index (κ2) is 9.70. The van der Waals surface area contributed by atoms with E-state index in [0.29, 0.717) is 24.9 Å². The van der Waals surface area contributed by atoms with Crippen molar-refractivity contribution in [2.24, 2.45) is 5.92 Å². The third-order valence-corrected chi connectivity index (χ3v) is 3.49. The minimum Gasteiger partial charge on any atom is -0.480 e. The molecule has 0 aliphatic rings. The first-order chi connectivity index (χ1) is 11.3. The Labute approximate surface area is 142 Å². The fourth-order valence-electron chi connectivity index (χ4n) is 2.22. The van der Waals surface area contributed by atoms with Gasteiger partial charge in [0.1, 0.15) is 6.04 Å². The first kappa shape index (κ1) is 19.7. The average Bonchev–Trinajstić information content (AvgIpc) is 2.52. The molecular weight excluding hydrogens is 308 g/mol. The van der Waals surface area contributed by atoms with Crippen molar-refractivity contribution in [3.05, 3.63) is 35.4 Å². The van der Waals surface area contributed by atoms with Gasteiger partial charge in [0.25, 0.3) is 5.91 Å². The molecule has 2 amide bonds. The van der Waals surface area contributed by atoms with Gasteiger partial charge in [0.2, 0.25) is 5.91 Å². The van der Waals surface area contributed by atoms with Crippen LogP contribution in [0.1, 0.15) is 56.0 Å². The van der Waals surface area contributed by atoms with Crippen molar-refractivity contribution < 1.29 is 19.5 Å². The third-order valence-electron chi connectivity index (χ3n) is 3.49. The number of nitrogens with one attached hydrogen (secondary N) is 2. The molecule has 0 bridgehead atoms. The normalized spacial score (nSPS) is 11.8. The minimum absolute atomic E-state index is 0.00250. The van der Waals surface area contributed by atoms with E-state index >= 15 is 0 Å². The molecule has 1 atom stereocenters. The fraction of sp³-hybridized carbons (Fsp3) is 0.500. The maximum atomic E-state index is 12.2. The lowest BCUT2D eigenvalue weighted by Crippen LogP contribution is -2.41. The van der Waals surface area contributed by atoms with Crippen molar-refractivity contribution in [3.63, 3.8) is 0 Å². The number of benzene rings is 1. The van der Waals surface area contributed by atoms with Crippen LogP contribution in [0.5, 0.6) is 0 Å². The molecule has 0 saturated carbocycles. The van der Waals surface area contributed by atoms with Gasteiger partial charge in [-0.1, -0.05) is 32.9 Å². The molecule has 6 heteroatoms. The SMILES string of the molecule is CCCC(=O)NCc1ccc(C(=O)NC(CC(C)C)C(=O)O)cc1. The number of hydrogen-bond acceptors (Lipinski definition) is 3. The highest BCUT2D eigenvalue weighted by Gasteiger charge is 2.21. The van der Waals surface area contributed by atoms with Crippen LogP contribution in [-0.2, 0) is 16.1 Å². The van der Waals surface area contributed by atoms with E-state index in [1.54, 1.807) is 24.3 Å². The number of carboxylic acids is 1. The first-order valence-corrected chi connectivity index (χ1v) is 8.22. The van der Waals surface area contributed by atoms with Crippen LogP contribution in [0, 0.1) is 5.92 Å². The topological polar surface area (TPSA) is 95.5 Å². The maximum Gasteiger partial charge on any atom is 0.326 e. The molecule has 1 aromatic carbocycles. The van der Waals surface area contributed by atoms with Crippen LogP contribution >= 0.6 is 0 Å². The largest absolute Gasteiger partial charge is 0.480 e. The van der Waals surface area contributed by atoms with Crippen molar-refractivity contribution in [1.29, 1.82) is 0 Å². The van der Waals surface area contributed by atoms with E-state index in [4.69, 9.17) is 0 Å². The quantitative estimate of drug-likeness (QED) is 0.646. The monoisotopic (exact) mass is 334 g/mol. The van der Waals surface area contributed by atoms with Crippen molar-refractivity contribution in [1.82, 2.24) is 10.6 Å². The summed E-state index contributed by atoms with van der Waals surface area (Å²) < 4.78 is 0. The lowest BCUT2D eigenvalue weighted by molar-refractivity contribution is -0.139. The zero-order valence-electron chi connectivity index (χ0n) is 14.5. The summed E-state index contributed by atoms with van der Waals surface area (Å²) in [6, 6.07) is 5.86. The predicted molar refractivity (Wildman–Crippen MR) is 91.5 cm³/mol. The second-order valence-electron chi connectivity index (χ2n) is 6.22. The molecule has 0 spiro atoms. The number of carboxylic acid groups (broad SMARTS) is 1. The van der Waals surface area contributed by atoms with Crippen LogP contribution in [0.15, 0.2) is 24.3 Å². The molecule has 6 nitrogen and oxygen atoms in total. The van der Waals surface area contributed by atoms with E-state index in [-0.39, 0.29) is 11.8 Å². The Balaban J connectivity index is 2.62. The van der Waals surface area contributed by atoms with Crippen molar-refractivity contribution >= 4 is 17.8 Å². The van der Waals surface area contributed by atoms with E-state index in [0.717, 1.165) is 12.0 Å². The van der Waals surface area contributed by atoms with E-state index in [2.05, 4.69) is 10.6 Å². The maximum absolute atomic E-state index is 12.2. The molecule has 1 aromatic rings. The van der Waals surface area contributed by atoms with Crippen molar-refractivity contribution in [2.75, 3.05) is 0 Å². The van der Waals surface area contributed by atoms with E-state index in [9.17, 15) is 19.5 Å². The Morgan fingerprint density at radius 3 is 2.25 bits per heavy atom. The minimum atomic E-state index is -1.03. The van der Waals surface area contributed by atoms with E-state index in [1.807, 2.05) is 20.8 Å². The Bertz CT molecular complexity index is 567.